The molecule has 0 atom stereocenters. The van der Waals surface area contributed by atoms with Crippen LogP contribution >= 0.6 is 0 Å². The molecular formula is C10H12NO2. The standard InChI is InChI=1S/C10H12NO2/c1-3-13-10-7-5-4-6-9(10)11-8(2)12/h5-7H,3H2,1-2H3,(H,11,12). The van der Waals surface area contributed by atoms with Crippen LogP contribution in [-0.4, -0.2) is 12.5 Å². The van der Waals surface area contributed by atoms with E-state index in [2.05, 4.69) is 11.4 Å². The molecule has 0 aliphatic heterocycles. The highest BCUT2D eigenvalue weighted by Crippen LogP contribution is 2.22. The molecule has 0 heterocycles. The van der Waals surface area contributed by atoms with E-state index in [9.17, 15) is 4.79 Å². The van der Waals surface area contributed by atoms with E-state index >= 15 is 0 Å². The van der Waals surface area contributed by atoms with Crippen molar-refractivity contribution in [1.29, 1.82) is 0 Å². The predicted octanol–water partition coefficient (Wildman–Crippen LogP) is 1.84. The van der Waals surface area contributed by atoms with Gasteiger partial charge in [-0.2, -0.15) is 0 Å². The molecule has 69 valence electrons. The first kappa shape index (κ1) is 9.58. The Hall–Kier alpha value is -1.51. The largest absolute Gasteiger partial charge is 0.492 e. The molecule has 13 heavy (non-hydrogen) atoms. The molecule has 0 bridgehead atoms. The van der Waals surface area contributed by atoms with Gasteiger partial charge in [0.2, 0.25) is 5.91 Å². The van der Waals surface area contributed by atoms with Crippen LogP contribution in [0.25, 0.3) is 0 Å². The fraction of sp³-hybridized carbons (Fsp3) is 0.300. The summed E-state index contributed by atoms with van der Waals surface area (Å²) < 4.78 is 5.30. The smallest absolute Gasteiger partial charge is 0.221 e. The van der Waals surface area contributed by atoms with Crippen molar-refractivity contribution in [2.45, 2.75) is 13.8 Å². The zero-order valence-corrected chi connectivity index (χ0v) is 7.76. The molecule has 1 aromatic rings. The first-order valence-electron chi connectivity index (χ1n) is 4.14. The SMILES string of the molecule is CCOc1cc[c]cc1NC(C)=O. The number of amides is 1. The summed E-state index contributed by atoms with van der Waals surface area (Å²) >= 11 is 0. The van der Waals surface area contributed by atoms with Gasteiger partial charge in [-0.25, -0.2) is 0 Å². The second-order valence-electron chi connectivity index (χ2n) is 2.54. The molecule has 0 saturated heterocycles. The number of hydrogen-bond donors (Lipinski definition) is 1. The van der Waals surface area contributed by atoms with Gasteiger partial charge in [0.05, 0.1) is 12.3 Å². The Kier molecular flexibility index (Phi) is 3.31. The Morgan fingerprint density at radius 2 is 2.46 bits per heavy atom. The zero-order chi connectivity index (χ0) is 9.68. The lowest BCUT2D eigenvalue weighted by molar-refractivity contribution is -0.114. The lowest BCUT2D eigenvalue weighted by atomic mass is 10.3. The third kappa shape index (κ3) is 2.78. The first-order valence-corrected chi connectivity index (χ1v) is 4.14. The first-order chi connectivity index (χ1) is 6.24. The van der Waals surface area contributed by atoms with Crippen molar-refractivity contribution in [3.05, 3.63) is 24.3 Å². The normalized spacial score (nSPS) is 9.38. The maximum absolute atomic E-state index is 10.8. The van der Waals surface area contributed by atoms with Crippen LogP contribution in [0.5, 0.6) is 5.75 Å². The molecule has 1 aromatic carbocycles. The van der Waals surface area contributed by atoms with Gasteiger partial charge in [0.15, 0.2) is 0 Å². The number of benzene rings is 1. The summed E-state index contributed by atoms with van der Waals surface area (Å²) in [6, 6.07) is 8.08. The summed E-state index contributed by atoms with van der Waals surface area (Å²) in [5.74, 6) is 0.567. The van der Waals surface area contributed by atoms with Gasteiger partial charge in [0, 0.05) is 6.92 Å². The van der Waals surface area contributed by atoms with Gasteiger partial charge in [0.25, 0.3) is 0 Å². The second kappa shape index (κ2) is 4.50. The number of rotatable bonds is 3. The summed E-state index contributed by atoms with van der Waals surface area (Å²) in [5.41, 5.74) is 0.664. The zero-order valence-electron chi connectivity index (χ0n) is 7.76. The average Bonchev–Trinajstić information content (AvgIpc) is 2.08. The summed E-state index contributed by atoms with van der Waals surface area (Å²) in [5, 5.41) is 2.66. The predicted molar refractivity (Wildman–Crippen MR) is 50.8 cm³/mol. The van der Waals surface area contributed by atoms with Gasteiger partial charge < -0.3 is 10.1 Å². The minimum absolute atomic E-state index is 0.111. The van der Waals surface area contributed by atoms with Crippen LogP contribution < -0.4 is 10.1 Å². The van der Waals surface area contributed by atoms with E-state index < -0.39 is 0 Å². The van der Waals surface area contributed by atoms with Gasteiger partial charge in [-0.05, 0) is 25.1 Å². The van der Waals surface area contributed by atoms with E-state index in [-0.39, 0.29) is 5.91 Å². The van der Waals surface area contributed by atoms with Crippen LogP contribution in [0, 0.1) is 6.07 Å². The van der Waals surface area contributed by atoms with Crippen molar-refractivity contribution in [1.82, 2.24) is 0 Å². The number of carbonyl (C=O) groups is 1. The van der Waals surface area contributed by atoms with Crippen molar-refractivity contribution in [3.63, 3.8) is 0 Å². The number of nitrogens with one attached hydrogen (secondary N) is 1. The molecule has 0 aromatic heterocycles. The Morgan fingerprint density at radius 1 is 1.69 bits per heavy atom. The van der Waals surface area contributed by atoms with Crippen molar-refractivity contribution in [2.75, 3.05) is 11.9 Å². The van der Waals surface area contributed by atoms with Crippen molar-refractivity contribution in [2.24, 2.45) is 0 Å². The van der Waals surface area contributed by atoms with E-state index in [1.165, 1.54) is 6.92 Å². The molecule has 0 spiro atoms. The fourth-order valence-corrected chi connectivity index (χ4v) is 0.985. The minimum atomic E-state index is -0.111. The maximum Gasteiger partial charge on any atom is 0.221 e. The van der Waals surface area contributed by atoms with Crippen LogP contribution in [0.1, 0.15) is 13.8 Å². The molecule has 0 unspecified atom stereocenters. The van der Waals surface area contributed by atoms with Gasteiger partial charge in [0.1, 0.15) is 5.75 Å². The Balaban J connectivity index is 2.84. The monoisotopic (exact) mass is 178 g/mol. The molecule has 0 fully saturated rings. The average molecular weight is 178 g/mol. The number of ether oxygens (including phenoxy) is 1. The molecule has 1 radical (unpaired) electrons. The Morgan fingerprint density at radius 3 is 3.08 bits per heavy atom. The lowest BCUT2D eigenvalue weighted by Crippen LogP contribution is -2.07. The van der Waals surface area contributed by atoms with Gasteiger partial charge in [-0.1, -0.05) is 6.07 Å². The van der Waals surface area contributed by atoms with Gasteiger partial charge in [-0.3, -0.25) is 4.79 Å². The van der Waals surface area contributed by atoms with Crippen LogP contribution in [0.2, 0.25) is 0 Å². The van der Waals surface area contributed by atoms with Gasteiger partial charge >= 0.3 is 0 Å². The molecule has 3 nitrogen and oxygen atoms in total. The third-order valence-corrected chi connectivity index (χ3v) is 1.43. The summed E-state index contributed by atoms with van der Waals surface area (Å²) in [6.45, 7) is 3.94. The van der Waals surface area contributed by atoms with E-state index in [0.29, 0.717) is 18.0 Å². The van der Waals surface area contributed by atoms with Crippen molar-refractivity contribution >= 4 is 11.6 Å². The molecule has 0 aliphatic carbocycles. The highest BCUT2D eigenvalue weighted by Gasteiger charge is 2.02. The quantitative estimate of drug-likeness (QED) is 0.767. The summed E-state index contributed by atoms with van der Waals surface area (Å²) in [7, 11) is 0. The molecular weight excluding hydrogens is 166 g/mol. The molecule has 3 heteroatoms. The highest BCUT2D eigenvalue weighted by atomic mass is 16.5. The molecule has 1 amide bonds. The maximum atomic E-state index is 10.8. The Bertz CT molecular complexity index is 297. The van der Waals surface area contributed by atoms with E-state index in [0.717, 1.165) is 0 Å². The Labute approximate surface area is 77.7 Å². The second-order valence-corrected chi connectivity index (χ2v) is 2.54. The third-order valence-electron chi connectivity index (χ3n) is 1.43. The van der Waals surface area contributed by atoms with E-state index in [4.69, 9.17) is 4.74 Å². The molecule has 0 saturated carbocycles. The van der Waals surface area contributed by atoms with Crippen LogP contribution in [-0.2, 0) is 4.79 Å². The number of hydrogen-bond acceptors (Lipinski definition) is 2. The number of carbonyl (C=O) groups excluding carboxylic acids is 1. The van der Waals surface area contributed by atoms with Crippen LogP contribution in [0.15, 0.2) is 18.2 Å². The van der Waals surface area contributed by atoms with Crippen molar-refractivity contribution < 1.29 is 9.53 Å². The van der Waals surface area contributed by atoms with Crippen LogP contribution in [0.3, 0.4) is 0 Å². The minimum Gasteiger partial charge on any atom is -0.492 e. The topological polar surface area (TPSA) is 38.3 Å². The number of anilines is 1. The van der Waals surface area contributed by atoms with Gasteiger partial charge in [-0.15, -0.1) is 0 Å². The van der Waals surface area contributed by atoms with Crippen molar-refractivity contribution in [3.8, 4) is 5.75 Å². The lowest BCUT2D eigenvalue weighted by Gasteiger charge is -2.09. The summed E-state index contributed by atoms with van der Waals surface area (Å²) in [6.07, 6.45) is 0. The molecule has 1 rings (SSSR count). The highest BCUT2D eigenvalue weighted by molar-refractivity contribution is 5.90. The van der Waals surface area contributed by atoms with Crippen LogP contribution in [0.4, 0.5) is 5.69 Å². The molecule has 1 N–H and O–H groups in total. The van der Waals surface area contributed by atoms with E-state index in [1.807, 2.05) is 6.92 Å². The van der Waals surface area contributed by atoms with E-state index in [1.54, 1.807) is 18.2 Å². The molecule has 0 aliphatic rings. The summed E-state index contributed by atoms with van der Waals surface area (Å²) in [4.78, 5) is 10.8. The fourth-order valence-electron chi connectivity index (χ4n) is 0.985.